The number of halogens is 1. The van der Waals surface area contributed by atoms with Gasteiger partial charge in [0.05, 0.1) is 6.04 Å². The van der Waals surface area contributed by atoms with Crippen molar-refractivity contribution in [2.75, 3.05) is 0 Å². The molecule has 0 aliphatic heterocycles. The van der Waals surface area contributed by atoms with Crippen molar-refractivity contribution in [1.82, 2.24) is 10.2 Å². The highest BCUT2D eigenvalue weighted by Gasteiger charge is 2.13. The Morgan fingerprint density at radius 1 is 1.41 bits per heavy atom. The van der Waals surface area contributed by atoms with E-state index < -0.39 is 0 Å². The fourth-order valence-corrected chi connectivity index (χ4v) is 3.24. The summed E-state index contributed by atoms with van der Waals surface area (Å²) in [6, 6.07) is 6.20. The maximum Gasteiger partial charge on any atom is 0.148 e. The largest absolute Gasteiger partial charge is 0.322 e. The Labute approximate surface area is 113 Å². The van der Waals surface area contributed by atoms with Gasteiger partial charge in [-0.3, -0.25) is 0 Å². The molecule has 5 heteroatoms. The van der Waals surface area contributed by atoms with E-state index in [4.69, 9.17) is 5.73 Å². The zero-order valence-corrected chi connectivity index (χ0v) is 12.2. The third kappa shape index (κ3) is 2.73. The lowest BCUT2D eigenvalue weighted by Crippen LogP contribution is -2.07. The average Bonchev–Trinajstić information content (AvgIpc) is 2.77. The van der Waals surface area contributed by atoms with Gasteiger partial charge in [0.2, 0.25) is 0 Å². The molecule has 0 aliphatic rings. The van der Waals surface area contributed by atoms with Gasteiger partial charge in [0.15, 0.2) is 0 Å². The summed E-state index contributed by atoms with van der Waals surface area (Å²) >= 11 is 5.12. The molecule has 2 N–H and O–H groups in total. The summed E-state index contributed by atoms with van der Waals surface area (Å²) < 4.78 is 1.05. The Morgan fingerprint density at radius 2 is 2.18 bits per heavy atom. The Morgan fingerprint density at radius 3 is 2.82 bits per heavy atom. The second-order valence-electron chi connectivity index (χ2n) is 3.94. The smallest absolute Gasteiger partial charge is 0.148 e. The van der Waals surface area contributed by atoms with Crippen LogP contribution in [-0.2, 0) is 0 Å². The molecule has 1 aromatic heterocycles. The highest BCUT2D eigenvalue weighted by Crippen LogP contribution is 2.32. The Bertz CT molecular complexity index is 524. The normalized spacial score (nSPS) is 12.7. The minimum Gasteiger partial charge on any atom is -0.322 e. The molecule has 2 rings (SSSR count). The SMILES string of the molecule is CCC(N)c1nnc(-c2ccc(C)cc2Br)s1. The van der Waals surface area contributed by atoms with Gasteiger partial charge < -0.3 is 5.73 Å². The number of aryl methyl sites for hydroxylation is 1. The van der Waals surface area contributed by atoms with Gasteiger partial charge in [0.1, 0.15) is 10.0 Å². The number of benzene rings is 1. The lowest BCUT2D eigenvalue weighted by atomic mass is 10.2. The van der Waals surface area contributed by atoms with E-state index in [0.29, 0.717) is 0 Å². The number of aromatic nitrogens is 2. The first-order valence-electron chi connectivity index (χ1n) is 5.47. The molecule has 0 saturated heterocycles. The maximum atomic E-state index is 5.94. The van der Waals surface area contributed by atoms with Crippen LogP contribution in [0, 0.1) is 6.92 Å². The number of rotatable bonds is 3. The molecule has 1 heterocycles. The Kier molecular flexibility index (Phi) is 3.91. The predicted octanol–water partition coefficient (Wildman–Crippen LogP) is 3.69. The molecule has 1 unspecified atom stereocenters. The van der Waals surface area contributed by atoms with Crippen LogP contribution in [0.2, 0.25) is 0 Å². The van der Waals surface area contributed by atoms with Crippen molar-refractivity contribution >= 4 is 27.3 Å². The van der Waals surface area contributed by atoms with Gasteiger partial charge in [0, 0.05) is 10.0 Å². The van der Waals surface area contributed by atoms with Crippen molar-refractivity contribution in [3.63, 3.8) is 0 Å². The standard InChI is InChI=1S/C12H14BrN3S/c1-3-10(14)12-16-15-11(17-12)8-5-4-7(2)6-9(8)13/h4-6,10H,3,14H2,1-2H3. The molecule has 0 saturated carbocycles. The van der Waals surface area contributed by atoms with E-state index in [0.717, 1.165) is 26.5 Å². The fourth-order valence-electron chi connectivity index (χ4n) is 1.46. The first kappa shape index (κ1) is 12.7. The quantitative estimate of drug-likeness (QED) is 0.940. The van der Waals surface area contributed by atoms with Gasteiger partial charge in [0.25, 0.3) is 0 Å². The van der Waals surface area contributed by atoms with Crippen LogP contribution < -0.4 is 5.73 Å². The number of hydrogen-bond acceptors (Lipinski definition) is 4. The van der Waals surface area contributed by atoms with Crippen molar-refractivity contribution in [3.8, 4) is 10.6 Å². The monoisotopic (exact) mass is 311 g/mol. The molecule has 0 bridgehead atoms. The van der Waals surface area contributed by atoms with Crippen LogP contribution in [0.5, 0.6) is 0 Å². The zero-order chi connectivity index (χ0) is 12.4. The van der Waals surface area contributed by atoms with E-state index >= 15 is 0 Å². The van der Waals surface area contributed by atoms with Crippen molar-refractivity contribution < 1.29 is 0 Å². The van der Waals surface area contributed by atoms with Crippen LogP contribution >= 0.6 is 27.3 Å². The van der Waals surface area contributed by atoms with Crippen LogP contribution in [-0.4, -0.2) is 10.2 Å². The molecule has 0 spiro atoms. The summed E-state index contributed by atoms with van der Waals surface area (Å²) in [5.41, 5.74) is 8.23. The van der Waals surface area contributed by atoms with Crippen molar-refractivity contribution in [2.24, 2.45) is 5.73 Å². The molecule has 17 heavy (non-hydrogen) atoms. The first-order chi connectivity index (χ1) is 8.11. The van der Waals surface area contributed by atoms with Gasteiger partial charge in [-0.15, -0.1) is 10.2 Å². The highest BCUT2D eigenvalue weighted by atomic mass is 79.9. The maximum absolute atomic E-state index is 5.94. The molecule has 0 amide bonds. The summed E-state index contributed by atoms with van der Waals surface area (Å²) in [6.07, 6.45) is 0.879. The second-order valence-corrected chi connectivity index (χ2v) is 5.81. The highest BCUT2D eigenvalue weighted by molar-refractivity contribution is 9.10. The molecular formula is C12H14BrN3S. The zero-order valence-electron chi connectivity index (χ0n) is 9.77. The summed E-state index contributed by atoms with van der Waals surface area (Å²) in [5.74, 6) is 0. The summed E-state index contributed by atoms with van der Waals surface area (Å²) in [7, 11) is 0. The lowest BCUT2D eigenvalue weighted by molar-refractivity contribution is 0.683. The molecule has 0 radical (unpaired) electrons. The average molecular weight is 312 g/mol. The summed E-state index contributed by atoms with van der Waals surface area (Å²) in [6.45, 7) is 4.11. The number of hydrogen-bond donors (Lipinski definition) is 1. The second kappa shape index (κ2) is 5.25. The van der Waals surface area contributed by atoms with Gasteiger partial charge in [-0.1, -0.05) is 46.3 Å². The van der Waals surface area contributed by atoms with Crippen molar-refractivity contribution in [2.45, 2.75) is 26.3 Å². The summed E-state index contributed by atoms with van der Waals surface area (Å²) in [4.78, 5) is 0. The van der Waals surface area contributed by atoms with E-state index in [1.165, 1.54) is 5.56 Å². The minimum absolute atomic E-state index is 0.00882. The molecule has 90 valence electrons. The van der Waals surface area contributed by atoms with E-state index in [-0.39, 0.29) is 6.04 Å². The van der Waals surface area contributed by atoms with Crippen LogP contribution in [0.4, 0.5) is 0 Å². The molecule has 2 aromatic rings. The van der Waals surface area contributed by atoms with Gasteiger partial charge >= 0.3 is 0 Å². The van der Waals surface area contributed by atoms with Crippen LogP contribution in [0.3, 0.4) is 0 Å². The minimum atomic E-state index is -0.00882. The van der Waals surface area contributed by atoms with E-state index in [2.05, 4.69) is 51.3 Å². The van der Waals surface area contributed by atoms with Crippen molar-refractivity contribution in [3.05, 3.63) is 33.2 Å². The molecular weight excluding hydrogens is 298 g/mol. The van der Waals surface area contributed by atoms with Crippen LogP contribution in [0.25, 0.3) is 10.6 Å². The van der Waals surface area contributed by atoms with Gasteiger partial charge in [-0.05, 0) is 25.0 Å². The first-order valence-corrected chi connectivity index (χ1v) is 7.08. The molecule has 3 nitrogen and oxygen atoms in total. The Balaban J connectivity index is 2.37. The molecule has 1 aromatic carbocycles. The number of nitrogens with two attached hydrogens (primary N) is 1. The molecule has 0 aliphatic carbocycles. The van der Waals surface area contributed by atoms with Crippen LogP contribution in [0.15, 0.2) is 22.7 Å². The fraction of sp³-hybridized carbons (Fsp3) is 0.333. The lowest BCUT2D eigenvalue weighted by Gasteiger charge is -2.02. The summed E-state index contributed by atoms with van der Waals surface area (Å²) in [5, 5.41) is 10.2. The van der Waals surface area contributed by atoms with Crippen molar-refractivity contribution in [1.29, 1.82) is 0 Å². The van der Waals surface area contributed by atoms with E-state index in [1.54, 1.807) is 11.3 Å². The Hall–Kier alpha value is -0.780. The topological polar surface area (TPSA) is 51.8 Å². The van der Waals surface area contributed by atoms with E-state index in [9.17, 15) is 0 Å². The molecule has 1 atom stereocenters. The third-order valence-corrected chi connectivity index (χ3v) is 4.30. The van der Waals surface area contributed by atoms with Crippen LogP contribution in [0.1, 0.15) is 30.0 Å². The van der Waals surface area contributed by atoms with E-state index in [1.807, 2.05) is 6.92 Å². The van der Waals surface area contributed by atoms with Gasteiger partial charge in [-0.25, -0.2) is 0 Å². The number of nitrogens with zero attached hydrogens (tertiary/aromatic N) is 2. The van der Waals surface area contributed by atoms with Gasteiger partial charge in [-0.2, -0.15) is 0 Å². The molecule has 0 fully saturated rings. The predicted molar refractivity (Wildman–Crippen MR) is 75.0 cm³/mol. The third-order valence-electron chi connectivity index (χ3n) is 2.55.